The van der Waals surface area contributed by atoms with Crippen molar-refractivity contribution >= 4 is 17.3 Å². The van der Waals surface area contributed by atoms with Gasteiger partial charge < -0.3 is 20.1 Å². The van der Waals surface area contributed by atoms with Gasteiger partial charge in [-0.05, 0) is 81.5 Å². The molecule has 0 unspecified atom stereocenters. The summed E-state index contributed by atoms with van der Waals surface area (Å²) in [5.41, 5.74) is 10.5. The van der Waals surface area contributed by atoms with Gasteiger partial charge in [0.25, 0.3) is 0 Å². The minimum Gasteiger partial charge on any atom is -0.454 e. The van der Waals surface area contributed by atoms with E-state index in [1.165, 1.54) is 33.4 Å². The van der Waals surface area contributed by atoms with Crippen LogP contribution in [0.2, 0.25) is 0 Å². The number of guanidine groups is 1. The van der Waals surface area contributed by atoms with E-state index >= 15 is 0 Å². The van der Waals surface area contributed by atoms with Gasteiger partial charge in [0.2, 0.25) is 12.8 Å². The highest BCUT2D eigenvalue weighted by molar-refractivity contribution is 6.05. The molecule has 0 saturated heterocycles. The van der Waals surface area contributed by atoms with Crippen molar-refractivity contribution in [1.82, 2.24) is 0 Å². The smallest absolute Gasteiger partial charge is 0.231 e. The van der Waals surface area contributed by atoms with Crippen LogP contribution >= 0.6 is 0 Å². The topological polar surface area (TPSA) is 54.9 Å². The second kappa shape index (κ2) is 8.95. The molecule has 0 fully saturated rings. The maximum atomic E-state index is 5.52. The van der Waals surface area contributed by atoms with Crippen molar-refractivity contribution in [3.8, 4) is 11.5 Å². The second-order valence-corrected chi connectivity index (χ2v) is 8.65. The molecule has 0 aromatic heterocycles. The molecular formula is C27H31N3O2. The van der Waals surface area contributed by atoms with Crippen LogP contribution in [0.25, 0.3) is 0 Å². The van der Waals surface area contributed by atoms with Crippen molar-refractivity contribution in [2.24, 2.45) is 4.99 Å². The molecule has 1 heterocycles. The number of anilines is 2. The number of hydrogen-bond acceptors (Lipinski definition) is 3. The van der Waals surface area contributed by atoms with Gasteiger partial charge in [-0.3, -0.25) is 0 Å². The lowest BCUT2D eigenvalue weighted by Crippen LogP contribution is -2.24. The van der Waals surface area contributed by atoms with Crippen molar-refractivity contribution in [1.29, 1.82) is 0 Å². The minimum absolute atomic E-state index is 0.272. The number of rotatable bonds is 4. The Kier molecular flexibility index (Phi) is 6.08. The molecule has 5 heteroatoms. The fourth-order valence-electron chi connectivity index (χ4n) is 4.31. The van der Waals surface area contributed by atoms with Crippen LogP contribution in [-0.2, 0) is 6.54 Å². The van der Waals surface area contributed by atoms with Gasteiger partial charge in [0.15, 0.2) is 11.5 Å². The van der Waals surface area contributed by atoms with Crippen molar-refractivity contribution in [2.45, 2.75) is 48.1 Å². The molecule has 3 aromatic carbocycles. The molecular weight excluding hydrogens is 398 g/mol. The summed E-state index contributed by atoms with van der Waals surface area (Å²) >= 11 is 0. The number of nitrogens with one attached hydrogen (secondary N) is 2. The number of aryl methyl sites for hydroxylation is 6. The average molecular weight is 430 g/mol. The summed E-state index contributed by atoms with van der Waals surface area (Å²) in [6, 6.07) is 14.7. The van der Waals surface area contributed by atoms with E-state index in [0.29, 0.717) is 12.5 Å². The quantitative estimate of drug-likeness (QED) is 0.375. The van der Waals surface area contributed by atoms with Crippen LogP contribution in [0.1, 0.15) is 38.9 Å². The fourth-order valence-corrected chi connectivity index (χ4v) is 4.31. The Morgan fingerprint density at radius 2 is 1.22 bits per heavy atom. The van der Waals surface area contributed by atoms with Crippen LogP contribution in [0.15, 0.2) is 47.5 Å². The zero-order chi connectivity index (χ0) is 22.8. The Morgan fingerprint density at radius 3 is 1.75 bits per heavy atom. The number of aliphatic imine (C=N–C) groups is 1. The molecule has 0 radical (unpaired) electrons. The van der Waals surface area contributed by atoms with Gasteiger partial charge in [-0.2, -0.15) is 0 Å². The molecule has 0 amide bonds. The van der Waals surface area contributed by atoms with E-state index in [0.717, 1.165) is 28.4 Å². The predicted octanol–water partition coefficient (Wildman–Crippen LogP) is 6.35. The van der Waals surface area contributed by atoms with E-state index in [-0.39, 0.29) is 6.79 Å². The van der Waals surface area contributed by atoms with Gasteiger partial charge in [0, 0.05) is 11.4 Å². The monoisotopic (exact) mass is 429 g/mol. The summed E-state index contributed by atoms with van der Waals surface area (Å²) in [5.74, 6) is 2.27. The summed E-state index contributed by atoms with van der Waals surface area (Å²) in [4.78, 5) is 4.92. The largest absolute Gasteiger partial charge is 0.454 e. The van der Waals surface area contributed by atoms with Gasteiger partial charge in [-0.25, -0.2) is 4.99 Å². The normalized spacial score (nSPS) is 11.9. The van der Waals surface area contributed by atoms with Gasteiger partial charge in [-0.1, -0.05) is 41.5 Å². The molecule has 0 aliphatic carbocycles. The third-order valence-corrected chi connectivity index (χ3v) is 5.70. The highest BCUT2D eigenvalue weighted by atomic mass is 16.7. The zero-order valence-electron chi connectivity index (χ0n) is 19.7. The fraction of sp³-hybridized carbons (Fsp3) is 0.296. The van der Waals surface area contributed by atoms with E-state index in [4.69, 9.17) is 14.5 Å². The van der Waals surface area contributed by atoms with Crippen LogP contribution in [0.4, 0.5) is 11.4 Å². The zero-order valence-corrected chi connectivity index (χ0v) is 19.7. The van der Waals surface area contributed by atoms with Crippen molar-refractivity contribution in [2.75, 3.05) is 17.4 Å². The molecule has 5 nitrogen and oxygen atoms in total. The Balaban J connectivity index is 1.67. The Labute approximate surface area is 190 Å². The summed E-state index contributed by atoms with van der Waals surface area (Å²) < 4.78 is 10.9. The predicted molar refractivity (Wildman–Crippen MR) is 132 cm³/mol. The van der Waals surface area contributed by atoms with E-state index in [1.54, 1.807) is 0 Å². The number of fused-ring (bicyclic) bond motifs is 1. The van der Waals surface area contributed by atoms with E-state index in [9.17, 15) is 0 Å². The SMILES string of the molecule is Cc1cc(C)c(NC(=NCc2ccc3c(c2)OCO3)Nc2c(C)cc(C)cc2C)c(C)c1. The molecule has 0 atom stereocenters. The van der Waals surface area contributed by atoms with Gasteiger partial charge in [0.1, 0.15) is 0 Å². The summed E-state index contributed by atoms with van der Waals surface area (Å²) in [7, 11) is 0. The lowest BCUT2D eigenvalue weighted by atomic mass is 10.0. The Hall–Kier alpha value is -3.47. The summed E-state index contributed by atoms with van der Waals surface area (Å²) in [6.07, 6.45) is 0. The first-order valence-electron chi connectivity index (χ1n) is 10.9. The molecule has 32 heavy (non-hydrogen) atoms. The molecule has 166 valence electrons. The van der Waals surface area contributed by atoms with E-state index in [1.807, 2.05) is 18.2 Å². The van der Waals surface area contributed by atoms with Crippen molar-refractivity contribution in [3.05, 3.63) is 81.4 Å². The summed E-state index contributed by atoms with van der Waals surface area (Å²) in [6.45, 7) is 13.5. The second-order valence-electron chi connectivity index (χ2n) is 8.65. The molecule has 4 rings (SSSR count). The minimum atomic E-state index is 0.272. The number of benzene rings is 3. The van der Waals surface area contributed by atoms with Gasteiger partial charge in [-0.15, -0.1) is 0 Å². The standard InChI is InChI=1S/C27H31N3O2/c1-16-9-18(3)25(19(4)10-16)29-27(30-26-20(5)11-17(2)12-21(26)6)28-14-22-7-8-23-24(13-22)32-15-31-23/h7-13H,14-15H2,1-6H3,(H2,28,29,30). The third-order valence-electron chi connectivity index (χ3n) is 5.70. The lowest BCUT2D eigenvalue weighted by molar-refractivity contribution is 0.174. The maximum Gasteiger partial charge on any atom is 0.231 e. The van der Waals surface area contributed by atoms with Crippen LogP contribution in [-0.4, -0.2) is 12.8 Å². The van der Waals surface area contributed by atoms with Gasteiger partial charge >= 0.3 is 0 Å². The molecule has 3 aromatic rings. The van der Waals surface area contributed by atoms with Crippen LogP contribution < -0.4 is 20.1 Å². The van der Waals surface area contributed by atoms with E-state index in [2.05, 4.69) is 76.4 Å². The number of ether oxygens (including phenoxy) is 2. The van der Waals surface area contributed by atoms with E-state index < -0.39 is 0 Å². The van der Waals surface area contributed by atoms with Crippen molar-refractivity contribution < 1.29 is 9.47 Å². The Bertz CT molecular complexity index is 1090. The molecule has 0 bridgehead atoms. The lowest BCUT2D eigenvalue weighted by Gasteiger charge is -2.19. The number of hydrogen-bond donors (Lipinski definition) is 2. The molecule has 1 aliphatic rings. The third kappa shape index (κ3) is 4.72. The highest BCUT2D eigenvalue weighted by Crippen LogP contribution is 2.33. The first-order chi connectivity index (χ1) is 15.3. The van der Waals surface area contributed by atoms with Crippen LogP contribution in [0, 0.1) is 41.5 Å². The highest BCUT2D eigenvalue weighted by Gasteiger charge is 2.14. The molecule has 0 spiro atoms. The average Bonchev–Trinajstić information content (AvgIpc) is 3.18. The van der Waals surface area contributed by atoms with Crippen LogP contribution in [0.5, 0.6) is 11.5 Å². The van der Waals surface area contributed by atoms with Crippen molar-refractivity contribution in [3.63, 3.8) is 0 Å². The van der Waals surface area contributed by atoms with Gasteiger partial charge in [0.05, 0.1) is 6.54 Å². The van der Waals surface area contributed by atoms with Crippen LogP contribution in [0.3, 0.4) is 0 Å². The maximum absolute atomic E-state index is 5.52. The molecule has 0 saturated carbocycles. The number of nitrogens with zero attached hydrogens (tertiary/aromatic N) is 1. The summed E-state index contributed by atoms with van der Waals surface area (Å²) in [5, 5.41) is 7.13. The first-order valence-corrected chi connectivity index (χ1v) is 10.9. The first kappa shape index (κ1) is 21.8. The Morgan fingerprint density at radius 1 is 0.719 bits per heavy atom. The molecule has 2 N–H and O–H groups in total. The molecule has 1 aliphatic heterocycles.